The molecule has 0 spiro atoms. The third kappa shape index (κ3) is 4.22. The molecule has 2 aromatic rings. The van der Waals surface area contributed by atoms with Crippen molar-refractivity contribution in [2.45, 2.75) is 12.5 Å². The first-order valence-corrected chi connectivity index (χ1v) is 6.42. The van der Waals surface area contributed by atoms with Gasteiger partial charge in [0.25, 0.3) is 0 Å². The van der Waals surface area contributed by atoms with Gasteiger partial charge in [0.1, 0.15) is 5.82 Å². The number of rotatable bonds is 5. The molecule has 6 heteroatoms. The number of carbonyl (C=O) groups is 1. The lowest BCUT2D eigenvalue weighted by molar-refractivity contribution is -0.122. The number of hydrogen-bond donors (Lipinski definition) is 3. The molecule has 0 saturated heterocycles. The Balaban J connectivity index is 1.84. The Morgan fingerprint density at radius 1 is 1.30 bits per heavy atom. The summed E-state index contributed by atoms with van der Waals surface area (Å²) in [4.78, 5) is 15.7. The maximum Gasteiger partial charge on any atom is 0.241 e. The molecule has 0 aliphatic heterocycles. The van der Waals surface area contributed by atoms with Crippen molar-refractivity contribution >= 4 is 23.3 Å². The summed E-state index contributed by atoms with van der Waals surface area (Å²) in [6.07, 6.45) is 0.637. The summed E-state index contributed by atoms with van der Waals surface area (Å²) in [5.41, 5.74) is 5.79. The third-order valence-corrected chi connectivity index (χ3v) is 2.85. The van der Waals surface area contributed by atoms with Gasteiger partial charge in [-0.15, -0.1) is 0 Å². The summed E-state index contributed by atoms with van der Waals surface area (Å²) in [5, 5.41) is 10.4. The lowest BCUT2D eigenvalue weighted by Gasteiger charge is -2.12. The Bertz CT molecular complexity index is 578. The summed E-state index contributed by atoms with van der Waals surface area (Å²) in [7, 11) is 0. The Kier molecular flexibility index (Phi) is 4.92. The zero-order valence-corrected chi connectivity index (χ0v) is 11.3. The zero-order valence-electron chi connectivity index (χ0n) is 10.6. The number of benzene rings is 1. The van der Waals surface area contributed by atoms with Crippen molar-refractivity contribution in [3.63, 3.8) is 0 Å². The van der Waals surface area contributed by atoms with Gasteiger partial charge in [-0.25, -0.2) is 4.98 Å². The van der Waals surface area contributed by atoms with E-state index in [2.05, 4.69) is 15.8 Å². The van der Waals surface area contributed by atoms with Crippen LogP contribution in [0.25, 0.3) is 0 Å². The molecule has 1 unspecified atom stereocenters. The number of amides is 1. The number of hydrazine groups is 1. The number of nitrogens with one attached hydrogen (secondary N) is 2. The van der Waals surface area contributed by atoms with Crippen LogP contribution < -0.4 is 10.9 Å². The van der Waals surface area contributed by atoms with Crippen LogP contribution in [0.2, 0.25) is 5.02 Å². The number of pyridine rings is 1. The van der Waals surface area contributed by atoms with Crippen LogP contribution in [0.4, 0.5) is 5.82 Å². The molecule has 1 heterocycles. The van der Waals surface area contributed by atoms with Gasteiger partial charge in [0.05, 0.1) is 12.5 Å². The summed E-state index contributed by atoms with van der Waals surface area (Å²) in [5.74, 6) is 0.0863. The number of hydrogen-bond acceptors (Lipinski definition) is 4. The van der Waals surface area contributed by atoms with E-state index in [4.69, 9.17) is 11.6 Å². The first kappa shape index (κ1) is 14.3. The van der Waals surface area contributed by atoms with Gasteiger partial charge in [-0.05, 0) is 11.6 Å². The Morgan fingerprint density at radius 2 is 2.05 bits per heavy atom. The van der Waals surface area contributed by atoms with Crippen molar-refractivity contribution in [2.75, 3.05) is 5.43 Å². The second-order valence-corrected chi connectivity index (χ2v) is 4.60. The number of aromatic nitrogens is 1. The lowest BCUT2D eigenvalue weighted by Crippen LogP contribution is -2.30. The van der Waals surface area contributed by atoms with E-state index in [-0.39, 0.29) is 12.3 Å². The second-order valence-electron chi connectivity index (χ2n) is 4.16. The van der Waals surface area contributed by atoms with E-state index in [1.54, 1.807) is 24.3 Å². The molecule has 2 rings (SSSR count). The number of halogens is 1. The predicted molar refractivity (Wildman–Crippen MR) is 77.0 cm³/mol. The van der Waals surface area contributed by atoms with Crippen LogP contribution in [-0.2, 0) is 4.79 Å². The molecule has 1 atom stereocenters. The highest BCUT2D eigenvalue weighted by Gasteiger charge is 2.12. The molecule has 0 aliphatic carbocycles. The van der Waals surface area contributed by atoms with Gasteiger partial charge in [-0.2, -0.15) is 0 Å². The molecular formula is C14H14ClN3O2. The molecule has 0 aliphatic rings. The quantitative estimate of drug-likeness (QED) is 0.739. The van der Waals surface area contributed by atoms with Crippen LogP contribution >= 0.6 is 11.6 Å². The first-order chi connectivity index (χ1) is 9.65. The monoisotopic (exact) mass is 291 g/mol. The van der Waals surface area contributed by atoms with Gasteiger partial charge in [-0.1, -0.05) is 41.9 Å². The molecular weight excluding hydrogens is 278 g/mol. The maximum atomic E-state index is 11.7. The summed E-state index contributed by atoms with van der Waals surface area (Å²) in [6.45, 7) is 0. The molecule has 1 aromatic carbocycles. The van der Waals surface area contributed by atoms with Gasteiger partial charge < -0.3 is 5.11 Å². The highest BCUT2D eigenvalue weighted by molar-refractivity contribution is 6.30. The summed E-state index contributed by atoms with van der Waals surface area (Å²) >= 11 is 5.79. The predicted octanol–water partition coefficient (Wildman–Crippen LogP) is 2.30. The number of nitrogens with zero attached hydrogens (tertiary/aromatic N) is 1. The molecule has 0 fully saturated rings. The normalized spacial score (nSPS) is 11.7. The van der Waals surface area contributed by atoms with Gasteiger partial charge in [0, 0.05) is 17.3 Å². The van der Waals surface area contributed by atoms with Crippen molar-refractivity contribution < 1.29 is 9.90 Å². The lowest BCUT2D eigenvalue weighted by atomic mass is 10.1. The smallest absolute Gasteiger partial charge is 0.241 e. The molecule has 104 valence electrons. The Hall–Kier alpha value is -2.11. The highest BCUT2D eigenvalue weighted by Crippen LogP contribution is 2.15. The van der Waals surface area contributed by atoms with Gasteiger partial charge in [0.15, 0.2) is 0 Å². The zero-order chi connectivity index (χ0) is 14.4. The van der Waals surface area contributed by atoms with E-state index < -0.39 is 6.10 Å². The van der Waals surface area contributed by atoms with Crippen LogP contribution in [0.15, 0.2) is 48.7 Å². The van der Waals surface area contributed by atoms with Crippen LogP contribution in [0, 0.1) is 0 Å². The minimum absolute atomic E-state index is 0.0441. The van der Waals surface area contributed by atoms with Gasteiger partial charge in [-0.3, -0.25) is 15.6 Å². The van der Waals surface area contributed by atoms with Crippen molar-refractivity contribution in [3.8, 4) is 0 Å². The van der Waals surface area contributed by atoms with Crippen LogP contribution in [0.1, 0.15) is 18.1 Å². The van der Waals surface area contributed by atoms with E-state index in [0.29, 0.717) is 16.4 Å². The van der Waals surface area contributed by atoms with Crippen molar-refractivity contribution in [1.29, 1.82) is 0 Å². The molecule has 1 aromatic heterocycles. The topological polar surface area (TPSA) is 74.2 Å². The Morgan fingerprint density at radius 3 is 2.75 bits per heavy atom. The van der Waals surface area contributed by atoms with Crippen LogP contribution in [0.3, 0.4) is 0 Å². The van der Waals surface area contributed by atoms with E-state index in [0.717, 1.165) is 0 Å². The minimum Gasteiger partial charge on any atom is -0.388 e. The molecule has 5 nitrogen and oxygen atoms in total. The van der Waals surface area contributed by atoms with Crippen LogP contribution in [0.5, 0.6) is 0 Å². The minimum atomic E-state index is -0.842. The highest BCUT2D eigenvalue weighted by atomic mass is 35.5. The van der Waals surface area contributed by atoms with E-state index in [1.165, 1.54) is 6.20 Å². The fraction of sp³-hybridized carbons (Fsp3) is 0.143. The van der Waals surface area contributed by atoms with E-state index in [1.807, 2.05) is 18.2 Å². The summed E-state index contributed by atoms with van der Waals surface area (Å²) in [6, 6.07) is 12.2. The Labute approximate surface area is 121 Å². The summed E-state index contributed by atoms with van der Waals surface area (Å²) < 4.78 is 0. The molecule has 0 saturated carbocycles. The van der Waals surface area contributed by atoms with Gasteiger partial charge in [0.2, 0.25) is 5.91 Å². The van der Waals surface area contributed by atoms with Crippen LogP contribution in [-0.4, -0.2) is 16.0 Å². The number of aliphatic hydroxyl groups excluding tert-OH is 1. The number of anilines is 1. The van der Waals surface area contributed by atoms with Gasteiger partial charge >= 0.3 is 0 Å². The van der Waals surface area contributed by atoms with Crippen molar-refractivity contribution in [3.05, 3.63) is 59.2 Å². The molecule has 1 amide bonds. The SMILES string of the molecule is O=C(CC(O)c1ccccc1)NNc1cc(Cl)ccn1. The average molecular weight is 292 g/mol. The standard InChI is InChI=1S/C14H14ClN3O2/c15-11-6-7-16-13(8-11)17-18-14(20)9-12(19)10-4-2-1-3-5-10/h1-8,12,19H,9H2,(H,16,17)(H,18,20). The van der Waals surface area contributed by atoms with E-state index >= 15 is 0 Å². The first-order valence-electron chi connectivity index (χ1n) is 6.04. The maximum absolute atomic E-state index is 11.7. The fourth-order valence-electron chi connectivity index (χ4n) is 1.63. The number of carbonyl (C=O) groups excluding carboxylic acids is 1. The molecule has 20 heavy (non-hydrogen) atoms. The number of aliphatic hydroxyl groups is 1. The fourth-order valence-corrected chi connectivity index (χ4v) is 1.79. The molecule has 0 bridgehead atoms. The van der Waals surface area contributed by atoms with E-state index in [9.17, 15) is 9.90 Å². The molecule has 0 radical (unpaired) electrons. The average Bonchev–Trinajstić information content (AvgIpc) is 2.46. The van der Waals surface area contributed by atoms with Crippen molar-refractivity contribution in [1.82, 2.24) is 10.4 Å². The third-order valence-electron chi connectivity index (χ3n) is 2.62. The largest absolute Gasteiger partial charge is 0.388 e. The second kappa shape index (κ2) is 6.88. The van der Waals surface area contributed by atoms with Crippen molar-refractivity contribution in [2.24, 2.45) is 0 Å². The molecule has 3 N–H and O–H groups in total.